The minimum absolute atomic E-state index is 0.0911. The zero-order valence-corrected chi connectivity index (χ0v) is 16.8. The minimum Gasteiger partial charge on any atom is -0.283 e. The van der Waals surface area contributed by atoms with Gasteiger partial charge in [0, 0.05) is 12.7 Å². The van der Waals surface area contributed by atoms with Crippen molar-refractivity contribution in [3.8, 4) is 0 Å². The monoisotopic (exact) mass is 397 g/mol. The zero-order chi connectivity index (χ0) is 19.4. The van der Waals surface area contributed by atoms with Crippen LogP contribution in [-0.2, 0) is 4.79 Å². The fourth-order valence-corrected chi connectivity index (χ4v) is 3.74. The van der Waals surface area contributed by atoms with Crippen molar-refractivity contribution in [1.29, 1.82) is 0 Å². The van der Waals surface area contributed by atoms with Crippen molar-refractivity contribution in [3.05, 3.63) is 76.4 Å². The first kappa shape index (κ1) is 19.4. The second kappa shape index (κ2) is 8.55. The number of amidine groups is 1. The number of aliphatic imine (C=N–C) groups is 1. The van der Waals surface area contributed by atoms with E-state index in [2.05, 4.69) is 42.5 Å². The lowest BCUT2D eigenvalue weighted by Crippen LogP contribution is -2.29. The van der Waals surface area contributed by atoms with Crippen molar-refractivity contribution in [2.75, 3.05) is 6.54 Å². The third kappa shape index (κ3) is 4.49. The number of thioether (sulfide) groups is 1. The Morgan fingerprint density at radius 2 is 2.04 bits per heavy atom. The highest BCUT2D eigenvalue weighted by atomic mass is 35.5. The molecule has 1 fully saturated rings. The first-order valence-corrected chi connectivity index (χ1v) is 9.80. The number of hydrogen-bond donors (Lipinski definition) is 0. The number of rotatable bonds is 5. The molecule has 0 spiro atoms. The number of carbonyl (C=O) groups excluding carboxylic acids is 1. The highest BCUT2D eigenvalue weighted by Crippen LogP contribution is 2.35. The summed E-state index contributed by atoms with van der Waals surface area (Å²) < 4.78 is 0. The largest absolute Gasteiger partial charge is 0.283 e. The van der Waals surface area contributed by atoms with Gasteiger partial charge in [-0.25, -0.2) is 9.98 Å². The molecule has 0 radical (unpaired) electrons. The lowest BCUT2D eigenvalue weighted by molar-refractivity contribution is -0.121. The maximum atomic E-state index is 12.8. The predicted molar refractivity (Wildman–Crippen MR) is 114 cm³/mol. The van der Waals surface area contributed by atoms with Crippen LogP contribution in [0.4, 0.5) is 5.69 Å². The molecular formula is C21H20ClN3OS. The average molecular weight is 398 g/mol. The fourth-order valence-electron chi connectivity index (χ4n) is 2.57. The quantitative estimate of drug-likeness (QED) is 0.372. The molecule has 1 saturated heterocycles. The highest BCUT2D eigenvalue weighted by Gasteiger charge is 2.32. The van der Waals surface area contributed by atoms with Gasteiger partial charge in [0.15, 0.2) is 10.3 Å². The fraction of sp³-hybridized carbons (Fsp3) is 0.190. The molecule has 27 heavy (non-hydrogen) atoms. The van der Waals surface area contributed by atoms with Crippen LogP contribution in [0.25, 0.3) is 6.08 Å². The van der Waals surface area contributed by atoms with E-state index in [-0.39, 0.29) is 5.91 Å². The summed E-state index contributed by atoms with van der Waals surface area (Å²) in [6.07, 6.45) is 5.17. The third-order valence-corrected chi connectivity index (χ3v) is 5.35. The Kier molecular flexibility index (Phi) is 6.14. The molecule has 1 aliphatic rings. The van der Waals surface area contributed by atoms with Gasteiger partial charge in [-0.05, 0) is 47.0 Å². The van der Waals surface area contributed by atoms with Crippen LogP contribution in [0.5, 0.6) is 0 Å². The van der Waals surface area contributed by atoms with Crippen LogP contribution in [-0.4, -0.2) is 27.5 Å². The van der Waals surface area contributed by atoms with Crippen LogP contribution in [0.2, 0.25) is 5.15 Å². The Morgan fingerprint density at radius 3 is 2.67 bits per heavy atom. The molecular weight excluding hydrogens is 378 g/mol. The van der Waals surface area contributed by atoms with Gasteiger partial charge in [-0.1, -0.05) is 55.8 Å². The number of carbonyl (C=O) groups is 1. The number of hydrogen-bond acceptors (Lipinski definition) is 4. The summed E-state index contributed by atoms with van der Waals surface area (Å²) in [7, 11) is 0. The van der Waals surface area contributed by atoms with Crippen LogP contribution in [0.3, 0.4) is 0 Å². The Morgan fingerprint density at radius 1 is 1.30 bits per heavy atom. The Labute approximate surface area is 168 Å². The molecule has 1 aromatic carbocycles. The topological polar surface area (TPSA) is 45.6 Å². The SMILES string of the molecule is C=CCN1C(=O)/C(=C/c2ccc(C(C)C)cc2)SC1=Nc1cccnc1Cl. The van der Waals surface area contributed by atoms with Gasteiger partial charge >= 0.3 is 0 Å². The third-order valence-electron chi connectivity index (χ3n) is 4.06. The van der Waals surface area contributed by atoms with E-state index in [1.165, 1.54) is 17.3 Å². The average Bonchev–Trinajstić information content (AvgIpc) is 2.93. The number of halogens is 1. The smallest absolute Gasteiger partial charge is 0.267 e. The number of benzene rings is 1. The molecule has 138 valence electrons. The van der Waals surface area contributed by atoms with Crippen molar-refractivity contribution in [3.63, 3.8) is 0 Å². The van der Waals surface area contributed by atoms with Crippen LogP contribution < -0.4 is 0 Å². The van der Waals surface area contributed by atoms with E-state index in [1.54, 1.807) is 29.3 Å². The Hall–Kier alpha value is -2.37. The van der Waals surface area contributed by atoms with Gasteiger partial charge in [0.2, 0.25) is 0 Å². The molecule has 0 N–H and O–H groups in total. The summed E-state index contributed by atoms with van der Waals surface area (Å²) >= 11 is 7.43. The molecule has 0 aliphatic carbocycles. The van der Waals surface area contributed by atoms with E-state index in [1.807, 2.05) is 18.2 Å². The van der Waals surface area contributed by atoms with E-state index in [4.69, 9.17) is 11.6 Å². The first-order chi connectivity index (χ1) is 13.0. The minimum atomic E-state index is -0.0911. The zero-order valence-electron chi connectivity index (χ0n) is 15.2. The van der Waals surface area contributed by atoms with Crippen molar-refractivity contribution in [2.24, 2.45) is 4.99 Å². The summed E-state index contributed by atoms with van der Waals surface area (Å²) in [6.45, 7) is 8.43. The van der Waals surface area contributed by atoms with Gasteiger partial charge in [-0.2, -0.15) is 0 Å². The molecule has 0 atom stereocenters. The Balaban J connectivity index is 1.93. The molecule has 0 saturated carbocycles. The van der Waals surface area contributed by atoms with Crippen molar-refractivity contribution in [1.82, 2.24) is 9.88 Å². The number of amides is 1. The van der Waals surface area contributed by atoms with Crippen molar-refractivity contribution >= 4 is 46.2 Å². The summed E-state index contributed by atoms with van der Waals surface area (Å²) in [5.41, 5.74) is 2.78. The van der Waals surface area contributed by atoms with Crippen molar-refractivity contribution in [2.45, 2.75) is 19.8 Å². The number of nitrogens with zero attached hydrogens (tertiary/aromatic N) is 3. The van der Waals surface area contributed by atoms with Gasteiger partial charge in [0.25, 0.3) is 5.91 Å². The van der Waals surface area contributed by atoms with Gasteiger partial charge in [-0.3, -0.25) is 9.69 Å². The predicted octanol–water partition coefficient (Wildman–Crippen LogP) is 5.65. The molecule has 0 unspecified atom stereocenters. The number of pyridine rings is 1. The van der Waals surface area contributed by atoms with E-state index >= 15 is 0 Å². The van der Waals surface area contributed by atoms with E-state index in [9.17, 15) is 4.79 Å². The molecule has 2 heterocycles. The molecule has 2 aromatic rings. The molecule has 0 bridgehead atoms. The Bertz CT molecular complexity index is 919. The van der Waals surface area contributed by atoms with Gasteiger partial charge in [0.1, 0.15) is 5.69 Å². The highest BCUT2D eigenvalue weighted by molar-refractivity contribution is 8.18. The van der Waals surface area contributed by atoms with Crippen LogP contribution in [0, 0.1) is 0 Å². The maximum Gasteiger partial charge on any atom is 0.267 e. The lowest BCUT2D eigenvalue weighted by atomic mass is 10.0. The second-order valence-corrected chi connectivity index (χ2v) is 7.71. The van der Waals surface area contributed by atoms with Crippen LogP contribution >= 0.6 is 23.4 Å². The van der Waals surface area contributed by atoms with Crippen LogP contribution in [0.1, 0.15) is 30.9 Å². The lowest BCUT2D eigenvalue weighted by Gasteiger charge is -2.12. The summed E-state index contributed by atoms with van der Waals surface area (Å²) in [5, 5.41) is 0.873. The maximum absolute atomic E-state index is 12.8. The van der Waals surface area contributed by atoms with Crippen molar-refractivity contribution < 1.29 is 4.79 Å². The molecule has 3 rings (SSSR count). The normalized spacial score (nSPS) is 17.3. The van der Waals surface area contributed by atoms with Gasteiger partial charge in [-0.15, -0.1) is 6.58 Å². The summed E-state index contributed by atoms with van der Waals surface area (Å²) in [4.78, 5) is 23.6. The molecule has 1 amide bonds. The molecule has 1 aromatic heterocycles. The second-order valence-electron chi connectivity index (χ2n) is 6.34. The molecule has 1 aliphatic heterocycles. The van der Waals surface area contributed by atoms with E-state index in [0.29, 0.717) is 33.4 Å². The summed E-state index contributed by atoms with van der Waals surface area (Å²) in [6, 6.07) is 11.8. The first-order valence-electron chi connectivity index (χ1n) is 8.61. The van der Waals surface area contributed by atoms with Gasteiger partial charge < -0.3 is 0 Å². The van der Waals surface area contributed by atoms with Gasteiger partial charge in [0.05, 0.1) is 4.91 Å². The number of aromatic nitrogens is 1. The standard InChI is InChI=1S/C21H20ClN3OS/c1-4-12-25-20(26)18(13-15-7-9-16(10-8-15)14(2)3)27-21(25)24-17-6-5-11-23-19(17)22/h4-11,13-14H,1,12H2,2-3H3/b18-13-,24-21?. The molecule has 6 heteroatoms. The van der Waals surface area contributed by atoms with E-state index in [0.717, 1.165) is 5.56 Å². The molecule has 4 nitrogen and oxygen atoms in total. The van der Waals surface area contributed by atoms with Crippen LogP contribution in [0.15, 0.2) is 65.1 Å². The summed E-state index contributed by atoms with van der Waals surface area (Å²) in [5.74, 6) is 0.381. The van der Waals surface area contributed by atoms with E-state index < -0.39 is 0 Å².